The fourth-order valence-corrected chi connectivity index (χ4v) is 4.47. The first-order chi connectivity index (χ1) is 15.5. The van der Waals surface area contributed by atoms with Crippen molar-refractivity contribution in [1.29, 1.82) is 0 Å². The summed E-state index contributed by atoms with van der Waals surface area (Å²) in [5, 5.41) is 2.12. The first-order valence-corrected chi connectivity index (χ1v) is 11.2. The summed E-state index contributed by atoms with van der Waals surface area (Å²) in [6.45, 7) is 0.451. The molecule has 0 bridgehead atoms. The lowest BCUT2D eigenvalue weighted by atomic mass is 10.1. The quantitative estimate of drug-likeness (QED) is 0.485. The van der Waals surface area contributed by atoms with Crippen LogP contribution in [0.3, 0.4) is 0 Å². The van der Waals surface area contributed by atoms with Gasteiger partial charge in [-0.15, -0.1) is 0 Å². The third-order valence-corrected chi connectivity index (χ3v) is 6.60. The number of carbonyl (C=O) groups excluding carboxylic acids is 1. The molecule has 174 valence electrons. The van der Waals surface area contributed by atoms with Crippen molar-refractivity contribution >= 4 is 21.6 Å². The molecule has 0 atom stereocenters. The number of nitrogens with zero attached hydrogens (tertiary/aromatic N) is 1. The number of anilines is 1. The van der Waals surface area contributed by atoms with Gasteiger partial charge in [0.2, 0.25) is 15.9 Å². The van der Waals surface area contributed by atoms with Gasteiger partial charge in [-0.3, -0.25) is 4.79 Å². The Balaban J connectivity index is 1.93. The lowest BCUT2D eigenvalue weighted by Gasteiger charge is -2.23. The maximum atomic E-state index is 14.2. The summed E-state index contributed by atoms with van der Waals surface area (Å²) in [4.78, 5) is 12.5. The summed E-state index contributed by atoms with van der Waals surface area (Å²) in [6.07, 6.45) is -4.72. The van der Waals surface area contributed by atoms with Gasteiger partial charge in [-0.05, 0) is 37.3 Å². The monoisotopic (exact) mass is 480 g/mol. The minimum absolute atomic E-state index is 0.0108. The van der Waals surface area contributed by atoms with Crippen LogP contribution in [-0.4, -0.2) is 25.2 Å². The van der Waals surface area contributed by atoms with Crippen LogP contribution in [0.15, 0.2) is 77.7 Å². The number of sulfonamides is 1. The van der Waals surface area contributed by atoms with Crippen LogP contribution < -0.4 is 5.32 Å². The van der Waals surface area contributed by atoms with E-state index in [4.69, 9.17) is 0 Å². The number of aryl methyl sites for hydroxylation is 1. The second kappa shape index (κ2) is 9.72. The summed E-state index contributed by atoms with van der Waals surface area (Å²) in [5.74, 6) is -1.68. The van der Waals surface area contributed by atoms with E-state index in [1.165, 1.54) is 42.5 Å². The van der Waals surface area contributed by atoms with E-state index in [2.05, 4.69) is 5.32 Å². The van der Waals surface area contributed by atoms with Gasteiger partial charge in [-0.2, -0.15) is 17.5 Å². The Labute approximate surface area is 188 Å². The Morgan fingerprint density at radius 3 is 2.18 bits per heavy atom. The zero-order chi connectivity index (χ0) is 24.2. The van der Waals surface area contributed by atoms with Crippen LogP contribution in [0.2, 0.25) is 0 Å². The molecule has 0 saturated heterocycles. The summed E-state index contributed by atoms with van der Waals surface area (Å²) in [6, 6.07) is 15.6. The Morgan fingerprint density at radius 1 is 0.939 bits per heavy atom. The predicted molar refractivity (Wildman–Crippen MR) is 115 cm³/mol. The Kier molecular flexibility index (Phi) is 7.19. The number of amides is 1. The molecule has 0 fully saturated rings. The molecule has 0 aliphatic carbocycles. The van der Waals surface area contributed by atoms with Crippen molar-refractivity contribution < 1.29 is 30.8 Å². The maximum absolute atomic E-state index is 14.2. The molecule has 0 heterocycles. The summed E-state index contributed by atoms with van der Waals surface area (Å²) >= 11 is 0. The van der Waals surface area contributed by atoms with Crippen molar-refractivity contribution in [1.82, 2.24) is 4.31 Å². The van der Waals surface area contributed by atoms with Gasteiger partial charge < -0.3 is 5.32 Å². The number of carbonyl (C=O) groups is 1. The molecule has 0 aromatic heterocycles. The average Bonchev–Trinajstić information content (AvgIpc) is 2.74. The third-order valence-electron chi connectivity index (χ3n) is 4.79. The number of hydrogen-bond donors (Lipinski definition) is 1. The highest BCUT2D eigenvalue weighted by atomic mass is 32.2. The zero-order valence-electron chi connectivity index (χ0n) is 17.4. The summed E-state index contributed by atoms with van der Waals surface area (Å²) in [7, 11) is -4.28. The predicted octanol–water partition coefficient (Wildman–Crippen LogP) is 4.98. The Hall–Kier alpha value is -3.24. The summed E-state index contributed by atoms with van der Waals surface area (Å²) < 4.78 is 81.1. The number of halogens is 4. The van der Waals surface area contributed by atoms with Crippen molar-refractivity contribution in [2.45, 2.75) is 24.5 Å². The van der Waals surface area contributed by atoms with Gasteiger partial charge >= 0.3 is 6.18 Å². The van der Waals surface area contributed by atoms with E-state index in [-0.39, 0.29) is 10.5 Å². The molecule has 3 aromatic carbocycles. The van der Waals surface area contributed by atoms with Gasteiger partial charge in [-0.1, -0.05) is 48.0 Å². The molecule has 0 aliphatic rings. The number of benzene rings is 3. The number of para-hydroxylation sites is 1. The fourth-order valence-electron chi connectivity index (χ4n) is 3.09. The first kappa shape index (κ1) is 24.4. The highest BCUT2D eigenvalue weighted by Crippen LogP contribution is 2.34. The van der Waals surface area contributed by atoms with E-state index in [9.17, 15) is 30.8 Å². The first-order valence-electron chi connectivity index (χ1n) is 9.75. The van der Waals surface area contributed by atoms with Gasteiger partial charge in [0.25, 0.3) is 0 Å². The molecular formula is C23H20F4N2O3S. The van der Waals surface area contributed by atoms with Gasteiger partial charge in [0.15, 0.2) is 0 Å². The SMILES string of the molecule is Cc1ccc(S(=O)(=O)N(CC(=O)Nc2ccccc2C(F)(F)F)Cc2ccccc2F)cc1. The standard InChI is InChI=1S/C23H20F4N2O3S/c1-16-10-12-18(13-11-16)33(31,32)29(14-17-6-2-4-8-20(17)24)15-22(30)28-21-9-5-3-7-19(21)23(25,26)27/h2-13H,14-15H2,1H3,(H,28,30). The molecule has 0 saturated carbocycles. The largest absolute Gasteiger partial charge is 0.418 e. The van der Waals surface area contributed by atoms with Crippen LogP contribution in [0, 0.1) is 12.7 Å². The van der Waals surface area contributed by atoms with Gasteiger partial charge in [0, 0.05) is 12.1 Å². The number of alkyl halides is 3. The van der Waals surface area contributed by atoms with Crippen LogP contribution in [0.25, 0.3) is 0 Å². The van der Waals surface area contributed by atoms with E-state index >= 15 is 0 Å². The molecule has 1 amide bonds. The minimum atomic E-state index is -4.72. The van der Waals surface area contributed by atoms with E-state index in [1.54, 1.807) is 19.1 Å². The fraction of sp³-hybridized carbons (Fsp3) is 0.174. The highest BCUT2D eigenvalue weighted by molar-refractivity contribution is 7.89. The van der Waals surface area contributed by atoms with E-state index in [0.29, 0.717) is 0 Å². The lowest BCUT2D eigenvalue weighted by molar-refractivity contribution is -0.137. The average molecular weight is 480 g/mol. The van der Waals surface area contributed by atoms with Gasteiger partial charge in [-0.25, -0.2) is 12.8 Å². The maximum Gasteiger partial charge on any atom is 0.418 e. The van der Waals surface area contributed by atoms with Crippen LogP contribution >= 0.6 is 0 Å². The van der Waals surface area contributed by atoms with Crippen LogP contribution in [0.1, 0.15) is 16.7 Å². The molecule has 33 heavy (non-hydrogen) atoms. The molecule has 0 radical (unpaired) electrons. The second-order valence-electron chi connectivity index (χ2n) is 7.27. The van der Waals surface area contributed by atoms with Gasteiger partial charge in [0.05, 0.1) is 22.7 Å². The molecule has 0 unspecified atom stereocenters. The number of rotatable bonds is 7. The topological polar surface area (TPSA) is 66.5 Å². The number of hydrogen-bond acceptors (Lipinski definition) is 3. The van der Waals surface area contributed by atoms with E-state index < -0.39 is 52.3 Å². The molecule has 5 nitrogen and oxygen atoms in total. The van der Waals surface area contributed by atoms with Gasteiger partial charge in [0.1, 0.15) is 5.82 Å². The van der Waals surface area contributed by atoms with Crippen molar-refractivity contribution in [3.05, 3.63) is 95.3 Å². The molecule has 3 rings (SSSR count). The highest BCUT2D eigenvalue weighted by Gasteiger charge is 2.34. The molecule has 1 N–H and O–H groups in total. The Morgan fingerprint density at radius 2 is 1.55 bits per heavy atom. The minimum Gasteiger partial charge on any atom is -0.324 e. The smallest absolute Gasteiger partial charge is 0.324 e. The van der Waals surface area contributed by atoms with E-state index in [0.717, 1.165) is 28.1 Å². The summed E-state index contributed by atoms with van der Waals surface area (Å²) in [5.41, 5.74) is -0.762. The van der Waals surface area contributed by atoms with Crippen molar-refractivity contribution in [3.8, 4) is 0 Å². The Bertz CT molecular complexity index is 1240. The van der Waals surface area contributed by atoms with Crippen molar-refractivity contribution in [2.75, 3.05) is 11.9 Å². The lowest BCUT2D eigenvalue weighted by Crippen LogP contribution is -2.38. The zero-order valence-corrected chi connectivity index (χ0v) is 18.3. The van der Waals surface area contributed by atoms with Crippen LogP contribution in [-0.2, 0) is 27.5 Å². The molecular weight excluding hydrogens is 460 g/mol. The molecule has 0 spiro atoms. The van der Waals surface area contributed by atoms with Crippen molar-refractivity contribution in [2.24, 2.45) is 0 Å². The third kappa shape index (κ3) is 5.96. The van der Waals surface area contributed by atoms with E-state index in [1.807, 2.05) is 0 Å². The molecule has 10 heteroatoms. The molecule has 3 aromatic rings. The molecule has 0 aliphatic heterocycles. The normalized spacial score (nSPS) is 12.1. The van der Waals surface area contributed by atoms with Crippen molar-refractivity contribution in [3.63, 3.8) is 0 Å². The second-order valence-corrected chi connectivity index (χ2v) is 9.21. The van der Waals surface area contributed by atoms with Crippen LogP contribution in [0.4, 0.5) is 23.2 Å². The number of nitrogens with one attached hydrogen (secondary N) is 1. The van der Waals surface area contributed by atoms with Crippen LogP contribution in [0.5, 0.6) is 0 Å².